The molecule has 3 nitrogen and oxygen atoms in total. The lowest BCUT2D eigenvalue weighted by Crippen LogP contribution is -2.34. The van der Waals surface area contributed by atoms with Crippen molar-refractivity contribution < 1.29 is 4.79 Å². The van der Waals surface area contributed by atoms with Crippen molar-refractivity contribution in [2.45, 2.75) is 43.0 Å². The summed E-state index contributed by atoms with van der Waals surface area (Å²) in [6.07, 6.45) is 7.33. The Morgan fingerprint density at radius 3 is 3.11 bits per heavy atom. The maximum absolute atomic E-state index is 11.9. The van der Waals surface area contributed by atoms with E-state index in [4.69, 9.17) is 0 Å². The zero-order valence-electron chi connectivity index (χ0n) is 11.4. The predicted molar refractivity (Wildman–Crippen MR) is 81.7 cm³/mol. The van der Waals surface area contributed by atoms with Crippen molar-refractivity contribution in [3.8, 4) is 0 Å². The highest BCUT2D eigenvalue weighted by Crippen LogP contribution is 2.19. The second kappa shape index (κ2) is 7.56. The molecule has 1 fully saturated rings. The number of benzene rings is 1. The second-order valence-corrected chi connectivity index (χ2v) is 5.85. The van der Waals surface area contributed by atoms with Crippen LogP contribution >= 0.6 is 11.8 Å². The first-order chi connectivity index (χ1) is 9.28. The van der Waals surface area contributed by atoms with E-state index in [2.05, 4.69) is 10.6 Å². The molecule has 2 N–H and O–H groups in total. The number of carbonyl (C=O) groups excluding carboxylic acids is 1. The maximum Gasteiger partial charge on any atom is 0.224 e. The lowest BCUT2D eigenvalue weighted by atomic mass is 10.0. The smallest absolute Gasteiger partial charge is 0.224 e. The zero-order chi connectivity index (χ0) is 13.5. The third-order valence-corrected chi connectivity index (χ3v) is 4.21. The van der Waals surface area contributed by atoms with Gasteiger partial charge in [-0.1, -0.05) is 12.5 Å². The van der Waals surface area contributed by atoms with Gasteiger partial charge >= 0.3 is 0 Å². The summed E-state index contributed by atoms with van der Waals surface area (Å²) in [7, 11) is 0. The molecular weight excluding hydrogens is 256 g/mol. The quantitative estimate of drug-likeness (QED) is 0.812. The summed E-state index contributed by atoms with van der Waals surface area (Å²) < 4.78 is 0. The predicted octanol–water partition coefficient (Wildman–Crippen LogP) is 3.27. The molecule has 1 aliphatic rings. The molecule has 1 unspecified atom stereocenters. The molecule has 1 heterocycles. The minimum atomic E-state index is 0.116. The Bertz CT molecular complexity index is 416. The number of rotatable bonds is 5. The molecule has 2 rings (SSSR count). The maximum atomic E-state index is 11.9. The third-order valence-electron chi connectivity index (χ3n) is 3.49. The van der Waals surface area contributed by atoms with Crippen LogP contribution in [-0.2, 0) is 4.79 Å². The van der Waals surface area contributed by atoms with Crippen molar-refractivity contribution in [3.05, 3.63) is 24.3 Å². The molecule has 1 aromatic rings. The topological polar surface area (TPSA) is 41.1 Å². The highest BCUT2D eigenvalue weighted by molar-refractivity contribution is 7.98. The van der Waals surface area contributed by atoms with Gasteiger partial charge in [-0.2, -0.15) is 0 Å². The van der Waals surface area contributed by atoms with Gasteiger partial charge in [0, 0.05) is 23.0 Å². The average Bonchev–Trinajstić information content (AvgIpc) is 2.46. The fourth-order valence-corrected chi connectivity index (χ4v) is 2.86. The van der Waals surface area contributed by atoms with Crippen LogP contribution in [0.1, 0.15) is 32.1 Å². The van der Waals surface area contributed by atoms with Crippen molar-refractivity contribution in [1.29, 1.82) is 0 Å². The minimum Gasteiger partial charge on any atom is -0.326 e. The van der Waals surface area contributed by atoms with Crippen LogP contribution in [0, 0.1) is 0 Å². The van der Waals surface area contributed by atoms with Crippen LogP contribution in [0.3, 0.4) is 0 Å². The van der Waals surface area contributed by atoms with Crippen molar-refractivity contribution in [2.75, 3.05) is 18.1 Å². The molecule has 0 spiro atoms. The van der Waals surface area contributed by atoms with Gasteiger partial charge in [-0.15, -0.1) is 11.8 Å². The highest BCUT2D eigenvalue weighted by atomic mass is 32.2. The number of amides is 1. The number of piperidine rings is 1. The number of hydrogen-bond acceptors (Lipinski definition) is 3. The van der Waals surface area contributed by atoms with Crippen molar-refractivity contribution >= 4 is 23.4 Å². The molecular formula is C15H22N2OS. The van der Waals surface area contributed by atoms with Gasteiger partial charge in [-0.3, -0.25) is 4.79 Å². The lowest BCUT2D eigenvalue weighted by Gasteiger charge is -2.23. The SMILES string of the molecule is CSc1cccc(NC(=O)CCC2CCCCN2)c1. The van der Waals surface area contributed by atoms with Gasteiger partial charge in [-0.05, 0) is 50.3 Å². The van der Waals surface area contributed by atoms with Gasteiger partial charge < -0.3 is 10.6 Å². The Labute approximate surface area is 119 Å². The largest absolute Gasteiger partial charge is 0.326 e. The number of anilines is 1. The molecule has 0 saturated carbocycles. The molecule has 1 aromatic carbocycles. The molecule has 0 aromatic heterocycles. The average molecular weight is 278 g/mol. The molecule has 4 heteroatoms. The first-order valence-corrected chi connectivity index (χ1v) is 8.17. The summed E-state index contributed by atoms with van der Waals surface area (Å²) in [5.74, 6) is 0.116. The molecule has 0 radical (unpaired) electrons. The Kier molecular flexibility index (Phi) is 5.73. The van der Waals surface area contributed by atoms with Crippen LogP contribution in [0.25, 0.3) is 0 Å². The molecule has 1 aliphatic heterocycles. The van der Waals surface area contributed by atoms with Gasteiger partial charge in [0.05, 0.1) is 0 Å². The normalized spacial score (nSPS) is 19.1. The highest BCUT2D eigenvalue weighted by Gasteiger charge is 2.14. The van der Waals surface area contributed by atoms with E-state index in [9.17, 15) is 4.79 Å². The van der Waals surface area contributed by atoms with Crippen molar-refractivity contribution in [2.24, 2.45) is 0 Å². The summed E-state index contributed by atoms with van der Waals surface area (Å²) in [6, 6.07) is 8.51. The van der Waals surface area contributed by atoms with Gasteiger partial charge in [-0.25, -0.2) is 0 Å². The molecule has 104 valence electrons. The van der Waals surface area contributed by atoms with Gasteiger partial charge in [0.25, 0.3) is 0 Å². The van der Waals surface area contributed by atoms with E-state index in [0.717, 1.165) is 18.7 Å². The Morgan fingerprint density at radius 1 is 1.47 bits per heavy atom. The Hall–Kier alpha value is -1.00. The molecule has 1 saturated heterocycles. The number of thioether (sulfide) groups is 1. The van der Waals surface area contributed by atoms with Crippen molar-refractivity contribution in [3.63, 3.8) is 0 Å². The van der Waals surface area contributed by atoms with E-state index < -0.39 is 0 Å². The van der Waals surface area contributed by atoms with E-state index in [1.165, 1.54) is 24.2 Å². The van der Waals surface area contributed by atoms with Crippen LogP contribution in [0.2, 0.25) is 0 Å². The summed E-state index contributed by atoms with van der Waals surface area (Å²) in [5.41, 5.74) is 0.897. The first kappa shape index (κ1) is 14.4. The van der Waals surface area contributed by atoms with E-state index in [1.54, 1.807) is 11.8 Å². The molecule has 19 heavy (non-hydrogen) atoms. The minimum absolute atomic E-state index is 0.116. The van der Waals surface area contributed by atoms with Crippen LogP contribution in [0.15, 0.2) is 29.2 Å². The summed E-state index contributed by atoms with van der Waals surface area (Å²) >= 11 is 1.68. The summed E-state index contributed by atoms with van der Waals surface area (Å²) in [4.78, 5) is 13.1. The summed E-state index contributed by atoms with van der Waals surface area (Å²) in [6.45, 7) is 1.10. The van der Waals surface area contributed by atoms with E-state index >= 15 is 0 Å². The molecule has 1 amide bonds. The van der Waals surface area contributed by atoms with Gasteiger partial charge in [0.2, 0.25) is 5.91 Å². The van der Waals surface area contributed by atoms with Crippen LogP contribution in [-0.4, -0.2) is 24.7 Å². The monoisotopic (exact) mass is 278 g/mol. The number of carbonyl (C=O) groups is 1. The van der Waals surface area contributed by atoms with E-state index in [1.807, 2.05) is 30.5 Å². The zero-order valence-corrected chi connectivity index (χ0v) is 12.3. The fraction of sp³-hybridized carbons (Fsp3) is 0.533. The lowest BCUT2D eigenvalue weighted by molar-refractivity contribution is -0.116. The standard InChI is InChI=1S/C15H22N2OS/c1-19-14-7-4-6-13(11-14)17-15(18)9-8-12-5-2-3-10-16-12/h4,6-7,11-12,16H,2-3,5,8-10H2,1H3,(H,17,18). The van der Waals surface area contributed by atoms with Crippen LogP contribution in [0.5, 0.6) is 0 Å². The Morgan fingerprint density at radius 2 is 2.37 bits per heavy atom. The number of nitrogens with one attached hydrogen (secondary N) is 2. The van der Waals surface area contributed by atoms with E-state index in [0.29, 0.717) is 12.5 Å². The molecule has 0 aliphatic carbocycles. The third kappa shape index (κ3) is 4.88. The van der Waals surface area contributed by atoms with Crippen LogP contribution < -0.4 is 10.6 Å². The first-order valence-electron chi connectivity index (χ1n) is 6.95. The second-order valence-electron chi connectivity index (χ2n) is 4.97. The van der Waals surface area contributed by atoms with E-state index in [-0.39, 0.29) is 5.91 Å². The van der Waals surface area contributed by atoms with Gasteiger partial charge in [0.15, 0.2) is 0 Å². The molecule has 0 bridgehead atoms. The van der Waals surface area contributed by atoms with Crippen LogP contribution in [0.4, 0.5) is 5.69 Å². The van der Waals surface area contributed by atoms with Crippen molar-refractivity contribution in [1.82, 2.24) is 5.32 Å². The number of hydrogen-bond donors (Lipinski definition) is 2. The summed E-state index contributed by atoms with van der Waals surface area (Å²) in [5, 5.41) is 6.45. The molecule has 1 atom stereocenters. The fourth-order valence-electron chi connectivity index (χ4n) is 2.40. The Balaban J connectivity index is 1.76. The van der Waals surface area contributed by atoms with Gasteiger partial charge in [0.1, 0.15) is 0 Å².